The molecule has 0 unspecified atom stereocenters. The summed E-state index contributed by atoms with van der Waals surface area (Å²) in [5.74, 6) is 1.55. The molecule has 0 radical (unpaired) electrons. The van der Waals surface area contributed by atoms with Gasteiger partial charge in [0.05, 0.1) is 4.92 Å². The average Bonchev–Trinajstić information content (AvgIpc) is 3.17. The van der Waals surface area contributed by atoms with E-state index >= 15 is 0 Å². The van der Waals surface area contributed by atoms with Gasteiger partial charge in [-0.2, -0.15) is 0 Å². The first-order valence-corrected chi connectivity index (χ1v) is 6.55. The summed E-state index contributed by atoms with van der Waals surface area (Å²) in [5.41, 5.74) is 0.309. The van der Waals surface area contributed by atoms with Crippen LogP contribution >= 0.6 is 0 Å². The third-order valence-electron chi connectivity index (χ3n) is 4.05. The van der Waals surface area contributed by atoms with Crippen molar-refractivity contribution in [3.8, 4) is 0 Å². The number of nitro groups is 1. The number of hydrogen-bond donors (Lipinski definition) is 2. The Kier molecular flexibility index (Phi) is 3.59. The van der Waals surface area contributed by atoms with Gasteiger partial charge in [0, 0.05) is 19.7 Å². The molecule has 6 heteroatoms. The predicted octanol–water partition coefficient (Wildman–Crippen LogP) is 2.88. The molecule has 1 aromatic rings. The van der Waals surface area contributed by atoms with Gasteiger partial charge in [0.25, 0.3) is 0 Å². The zero-order valence-corrected chi connectivity index (χ0v) is 11.6. The smallest absolute Gasteiger partial charge is 0.311 e. The molecule has 0 amide bonds. The van der Waals surface area contributed by atoms with Crippen molar-refractivity contribution >= 4 is 17.3 Å². The second-order valence-electron chi connectivity index (χ2n) is 5.44. The highest BCUT2D eigenvalue weighted by Crippen LogP contribution is 2.51. The summed E-state index contributed by atoms with van der Waals surface area (Å²) in [7, 11) is 1.74. The van der Waals surface area contributed by atoms with Crippen LogP contribution in [0.15, 0.2) is 12.1 Å². The molecule has 2 rings (SSSR count). The quantitative estimate of drug-likeness (QED) is 0.610. The summed E-state index contributed by atoms with van der Waals surface area (Å²) in [5, 5.41) is 17.1. The van der Waals surface area contributed by atoms with Crippen LogP contribution in [0.3, 0.4) is 0 Å². The van der Waals surface area contributed by atoms with Crippen LogP contribution in [0.25, 0.3) is 0 Å². The van der Waals surface area contributed by atoms with Gasteiger partial charge in [0.2, 0.25) is 5.82 Å². The van der Waals surface area contributed by atoms with E-state index in [1.54, 1.807) is 13.1 Å². The van der Waals surface area contributed by atoms with Crippen LogP contribution in [0.5, 0.6) is 0 Å². The highest BCUT2D eigenvalue weighted by atomic mass is 16.6. The van der Waals surface area contributed by atoms with Crippen LogP contribution in [0.4, 0.5) is 17.3 Å². The molecule has 0 aromatic carbocycles. The van der Waals surface area contributed by atoms with E-state index in [1.807, 2.05) is 0 Å². The molecule has 1 fully saturated rings. The molecule has 0 aliphatic heterocycles. The van der Waals surface area contributed by atoms with Gasteiger partial charge in [-0.25, -0.2) is 4.98 Å². The van der Waals surface area contributed by atoms with Crippen LogP contribution in [-0.4, -0.2) is 23.5 Å². The first-order valence-electron chi connectivity index (χ1n) is 6.55. The standard InChI is InChI=1S/C13H20N4O2/c1-9(2)13(6-7-13)8-15-12-10(17(18)19)4-5-11(14-3)16-12/h4-5,9H,6-8H2,1-3H3,(H2,14,15,16). The minimum atomic E-state index is -0.399. The maximum absolute atomic E-state index is 11.0. The van der Waals surface area contributed by atoms with Gasteiger partial charge in [-0.15, -0.1) is 0 Å². The number of rotatable bonds is 6. The molecule has 0 saturated heterocycles. The molecule has 1 aliphatic rings. The molecule has 0 spiro atoms. The summed E-state index contributed by atoms with van der Waals surface area (Å²) < 4.78 is 0. The Balaban J connectivity index is 2.16. The van der Waals surface area contributed by atoms with Crippen molar-refractivity contribution in [2.75, 3.05) is 24.2 Å². The van der Waals surface area contributed by atoms with E-state index in [9.17, 15) is 10.1 Å². The first kappa shape index (κ1) is 13.6. The van der Waals surface area contributed by atoms with Crippen molar-refractivity contribution in [2.45, 2.75) is 26.7 Å². The zero-order valence-electron chi connectivity index (χ0n) is 11.6. The average molecular weight is 264 g/mol. The van der Waals surface area contributed by atoms with E-state index in [1.165, 1.54) is 18.9 Å². The SMILES string of the molecule is CNc1ccc([N+](=O)[O-])c(NCC2(C(C)C)CC2)n1. The van der Waals surface area contributed by atoms with Crippen molar-refractivity contribution in [1.29, 1.82) is 0 Å². The fourth-order valence-corrected chi connectivity index (χ4v) is 2.25. The van der Waals surface area contributed by atoms with Crippen LogP contribution in [0.1, 0.15) is 26.7 Å². The molecule has 1 saturated carbocycles. The minimum Gasteiger partial charge on any atom is -0.373 e. The molecule has 1 aromatic heterocycles. The number of pyridine rings is 1. The fourth-order valence-electron chi connectivity index (χ4n) is 2.25. The second kappa shape index (κ2) is 5.03. The number of nitrogens with zero attached hydrogens (tertiary/aromatic N) is 2. The van der Waals surface area contributed by atoms with Gasteiger partial charge in [-0.1, -0.05) is 13.8 Å². The number of hydrogen-bond acceptors (Lipinski definition) is 5. The summed E-state index contributed by atoms with van der Waals surface area (Å²) in [6, 6.07) is 3.09. The van der Waals surface area contributed by atoms with Gasteiger partial charge in [-0.3, -0.25) is 10.1 Å². The fraction of sp³-hybridized carbons (Fsp3) is 0.615. The lowest BCUT2D eigenvalue weighted by atomic mass is 9.92. The molecule has 0 atom stereocenters. The van der Waals surface area contributed by atoms with E-state index in [2.05, 4.69) is 29.5 Å². The van der Waals surface area contributed by atoms with Crippen molar-refractivity contribution < 1.29 is 4.92 Å². The van der Waals surface area contributed by atoms with E-state index < -0.39 is 4.92 Å². The van der Waals surface area contributed by atoms with Crippen LogP contribution in [-0.2, 0) is 0 Å². The highest BCUT2D eigenvalue weighted by Gasteiger charge is 2.45. The molecule has 2 N–H and O–H groups in total. The Labute approximate surface area is 112 Å². The highest BCUT2D eigenvalue weighted by molar-refractivity contribution is 5.60. The Morgan fingerprint density at radius 3 is 2.63 bits per heavy atom. The van der Waals surface area contributed by atoms with Gasteiger partial charge in [0.1, 0.15) is 5.82 Å². The van der Waals surface area contributed by atoms with Crippen molar-refractivity contribution in [1.82, 2.24) is 4.98 Å². The lowest BCUT2D eigenvalue weighted by Gasteiger charge is -2.20. The summed E-state index contributed by atoms with van der Waals surface area (Å²) >= 11 is 0. The van der Waals surface area contributed by atoms with Crippen molar-refractivity contribution in [2.24, 2.45) is 11.3 Å². The molecule has 0 bridgehead atoms. The van der Waals surface area contributed by atoms with Crippen LogP contribution in [0, 0.1) is 21.4 Å². The third kappa shape index (κ3) is 2.77. The zero-order chi connectivity index (χ0) is 14.0. The topological polar surface area (TPSA) is 80.1 Å². The van der Waals surface area contributed by atoms with E-state index in [4.69, 9.17) is 0 Å². The number of nitrogens with one attached hydrogen (secondary N) is 2. The second-order valence-corrected chi connectivity index (χ2v) is 5.44. The largest absolute Gasteiger partial charge is 0.373 e. The Hall–Kier alpha value is -1.85. The van der Waals surface area contributed by atoms with Gasteiger partial charge < -0.3 is 10.6 Å². The molecule has 104 valence electrons. The molecule has 1 heterocycles. The Bertz CT molecular complexity index is 484. The number of anilines is 2. The van der Waals surface area contributed by atoms with Crippen molar-refractivity contribution in [3.63, 3.8) is 0 Å². The molecule has 1 aliphatic carbocycles. The summed E-state index contributed by atoms with van der Waals surface area (Å²) in [6.45, 7) is 5.13. The van der Waals surface area contributed by atoms with E-state index in [-0.39, 0.29) is 11.1 Å². The van der Waals surface area contributed by atoms with Gasteiger partial charge >= 0.3 is 5.69 Å². The molecule has 6 nitrogen and oxygen atoms in total. The molecular formula is C13H20N4O2. The third-order valence-corrected chi connectivity index (χ3v) is 4.05. The monoisotopic (exact) mass is 264 g/mol. The Morgan fingerprint density at radius 1 is 1.47 bits per heavy atom. The van der Waals surface area contributed by atoms with Gasteiger partial charge in [0.15, 0.2) is 0 Å². The predicted molar refractivity (Wildman–Crippen MR) is 75.4 cm³/mol. The van der Waals surface area contributed by atoms with Crippen molar-refractivity contribution in [3.05, 3.63) is 22.2 Å². The Morgan fingerprint density at radius 2 is 2.16 bits per heavy atom. The maximum Gasteiger partial charge on any atom is 0.311 e. The van der Waals surface area contributed by atoms with Crippen LogP contribution in [0.2, 0.25) is 0 Å². The summed E-state index contributed by atoms with van der Waals surface area (Å²) in [4.78, 5) is 14.8. The molecule has 19 heavy (non-hydrogen) atoms. The van der Waals surface area contributed by atoms with E-state index in [0.29, 0.717) is 17.6 Å². The first-order chi connectivity index (χ1) is 8.98. The molecular weight excluding hydrogens is 244 g/mol. The normalized spacial score (nSPS) is 16.2. The minimum absolute atomic E-state index is 0.0264. The lowest BCUT2D eigenvalue weighted by molar-refractivity contribution is -0.384. The van der Waals surface area contributed by atoms with Gasteiger partial charge in [-0.05, 0) is 30.2 Å². The number of aromatic nitrogens is 1. The summed E-state index contributed by atoms with van der Waals surface area (Å²) in [6.07, 6.45) is 2.36. The van der Waals surface area contributed by atoms with Crippen LogP contribution < -0.4 is 10.6 Å². The lowest BCUT2D eigenvalue weighted by Crippen LogP contribution is -2.21. The maximum atomic E-state index is 11.0. The van der Waals surface area contributed by atoms with E-state index in [0.717, 1.165) is 6.54 Å².